The van der Waals surface area contributed by atoms with Crippen LogP contribution in [0.25, 0.3) is 0 Å². The molecule has 0 bridgehead atoms. The molecule has 1 saturated heterocycles. The Morgan fingerprint density at radius 1 is 1.43 bits per heavy atom. The summed E-state index contributed by atoms with van der Waals surface area (Å²) in [4.78, 5) is 28.9. The molecule has 1 aliphatic heterocycles. The predicted molar refractivity (Wildman–Crippen MR) is 78.0 cm³/mol. The minimum atomic E-state index is -0.994. The fraction of sp³-hybridized carbons (Fsp3) is 0.533. The maximum atomic E-state index is 12.1. The largest absolute Gasteiger partial charge is 0.478 e. The number of carbonyl (C=O) groups is 2. The van der Waals surface area contributed by atoms with Gasteiger partial charge in [-0.1, -0.05) is 6.92 Å². The molecule has 0 aliphatic carbocycles. The number of aromatic carboxylic acids is 1. The van der Waals surface area contributed by atoms with Gasteiger partial charge in [0, 0.05) is 19.3 Å². The number of hydrogen-bond acceptors (Lipinski definition) is 3. The van der Waals surface area contributed by atoms with E-state index < -0.39 is 5.97 Å². The van der Waals surface area contributed by atoms with Gasteiger partial charge in [0.1, 0.15) is 0 Å². The van der Waals surface area contributed by atoms with E-state index in [0.717, 1.165) is 32.4 Å². The van der Waals surface area contributed by atoms with Crippen molar-refractivity contribution >= 4 is 12.0 Å². The molecule has 1 aromatic rings. The lowest BCUT2D eigenvalue weighted by molar-refractivity contribution is 0.0696. The molecule has 2 amide bonds. The van der Waals surface area contributed by atoms with Crippen LogP contribution in [0, 0.1) is 5.92 Å². The third-order valence-electron chi connectivity index (χ3n) is 3.79. The van der Waals surface area contributed by atoms with Crippen molar-refractivity contribution in [1.82, 2.24) is 15.2 Å². The Labute approximate surface area is 124 Å². The predicted octanol–water partition coefficient (Wildman–Crippen LogP) is 2.11. The number of urea groups is 1. The van der Waals surface area contributed by atoms with E-state index >= 15 is 0 Å². The Kier molecular flexibility index (Phi) is 5.14. The number of nitrogens with one attached hydrogen (secondary N) is 1. The van der Waals surface area contributed by atoms with Crippen LogP contribution in [0.1, 0.15) is 42.2 Å². The van der Waals surface area contributed by atoms with Crippen molar-refractivity contribution < 1.29 is 14.7 Å². The lowest BCUT2D eigenvalue weighted by Gasteiger charge is -2.20. The van der Waals surface area contributed by atoms with Crippen molar-refractivity contribution in [2.75, 3.05) is 13.1 Å². The summed E-state index contributed by atoms with van der Waals surface area (Å²) in [5, 5.41) is 11.7. The lowest BCUT2D eigenvalue weighted by Crippen LogP contribution is -2.40. The van der Waals surface area contributed by atoms with Crippen LogP contribution in [0.4, 0.5) is 4.79 Å². The van der Waals surface area contributed by atoms with E-state index in [0.29, 0.717) is 11.6 Å². The summed E-state index contributed by atoms with van der Waals surface area (Å²) in [7, 11) is 0. The number of carboxylic acids is 1. The van der Waals surface area contributed by atoms with E-state index in [4.69, 9.17) is 5.11 Å². The second-order valence-electron chi connectivity index (χ2n) is 5.52. The van der Waals surface area contributed by atoms with Gasteiger partial charge < -0.3 is 15.3 Å². The molecule has 1 aromatic heterocycles. The number of carboxylic acid groups (broad SMARTS) is 1. The highest BCUT2D eigenvalue weighted by atomic mass is 16.4. The number of rotatable bonds is 3. The number of nitrogens with zero attached hydrogens (tertiary/aromatic N) is 2. The molecule has 0 spiro atoms. The van der Waals surface area contributed by atoms with Gasteiger partial charge in [0.2, 0.25) is 0 Å². The third-order valence-corrected chi connectivity index (χ3v) is 3.79. The first kappa shape index (κ1) is 15.3. The highest BCUT2D eigenvalue weighted by molar-refractivity contribution is 5.87. The summed E-state index contributed by atoms with van der Waals surface area (Å²) in [6, 6.07) is 2.81. The van der Waals surface area contributed by atoms with Crippen LogP contribution in [0.15, 0.2) is 18.3 Å². The topological polar surface area (TPSA) is 82.5 Å². The molecule has 6 nitrogen and oxygen atoms in total. The zero-order chi connectivity index (χ0) is 15.2. The van der Waals surface area contributed by atoms with E-state index in [1.54, 1.807) is 0 Å². The summed E-state index contributed by atoms with van der Waals surface area (Å²) >= 11 is 0. The summed E-state index contributed by atoms with van der Waals surface area (Å²) in [6.07, 6.45) is 4.66. The molecule has 0 radical (unpaired) electrons. The first-order valence-electron chi connectivity index (χ1n) is 7.27. The van der Waals surface area contributed by atoms with E-state index in [1.807, 2.05) is 4.90 Å². The van der Waals surface area contributed by atoms with Crippen molar-refractivity contribution in [3.05, 3.63) is 29.6 Å². The third kappa shape index (κ3) is 4.44. The van der Waals surface area contributed by atoms with E-state index in [1.165, 1.54) is 18.3 Å². The van der Waals surface area contributed by atoms with Crippen LogP contribution in [-0.4, -0.2) is 40.1 Å². The number of carbonyl (C=O) groups excluding carboxylic acids is 1. The molecule has 1 fully saturated rings. The Bertz CT molecular complexity index is 519. The molecule has 2 rings (SSSR count). The van der Waals surface area contributed by atoms with Crippen molar-refractivity contribution in [2.24, 2.45) is 5.92 Å². The van der Waals surface area contributed by atoms with Crippen molar-refractivity contribution in [3.8, 4) is 0 Å². The number of hydrogen-bond donors (Lipinski definition) is 2. The van der Waals surface area contributed by atoms with Crippen molar-refractivity contribution in [1.29, 1.82) is 0 Å². The Morgan fingerprint density at radius 2 is 2.24 bits per heavy atom. The molecule has 2 heterocycles. The minimum Gasteiger partial charge on any atom is -0.478 e. The molecule has 114 valence electrons. The molecule has 6 heteroatoms. The van der Waals surface area contributed by atoms with Gasteiger partial charge in [-0.25, -0.2) is 9.59 Å². The molecule has 21 heavy (non-hydrogen) atoms. The Morgan fingerprint density at radius 3 is 3.00 bits per heavy atom. The highest BCUT2D eigenvalue weighted by Gasteiger charge is 2.18. The number of pyridine rings is 1. The van der Waals surface area contributed by atoms with Gasteiger partial charge in [0.25, 0.3) is 0 Å². The Hall–Kier alpha value is -2.11. The lowest BCUT2D eigenvalue weighted by atomic mass is 10.0. The summed E-state index contributed by atoms with van der Waals surface area (Å²) in [5.74, 6) is -0.330. The van der Waals surface area contributed by atoms with Gasteiger partial charge in [0.05, 0.1) is 17.8 Å². The van der Waals surface area contributed by atoms with Gasteiger partial charge in [-0.3, -0.25) is 4.98 Å². The average Bonchev–Trinajstić information content (AvgIpc) is 2.70. The molecule has 1 unspecified atom stereocenters. The van der Waals surface area contributed by atoms with E-state index in [9.17, 15) is 9.59 Å². The maximum absolute atomic E-state index is 12.1. The summed E-state index contributed by atoms with van der Waals surface area (Å²) < 4.78 is 0. The van der Waals surface area contributed by atoms with E-state index in [-0.39, 0.29) is 18.1 Å². The van der Waals surface area contributed by atoms with Crippen LogP contribution < -0.4 is 5.32 Å². The second-order valence-corrected chi connectivity index (χ2v) is 5.52. The summed E-state index contributed by atoms with van der Waals surface area (Å²) in [5.41, 5.74) is 0.726. The van der Waals surface area contributed by atoms with Gasteiger partial charge in [0.15, 0.2) is 0 Å². The zero-order valence-corrected chi connectivity index (χ0v) is 12.2. The van der Waals surface area contributed by atoms with Crippen molar-refractivity contribution in [2.45, 2.75) is 32.7 Å². The van der Waals surface area contributed by atoms with Crippen LogP contribution in [0.2, 0.25) is 0 Å². The fourth-order valence-electron chi connectivity index (χ4n) is 2.45. The maximum Gasteiger partial charge on any atom is 0.335 e. The van der Waals surface area contributed by atoms with Crippen LogP contribution >= 0.6 is 0 Å². The van der Waals surface area contributed by atoms with Gasteiger partial charge in [-0.15, -0.1) is 0 Å². The van der Waals surface area contributed by atoms with Gasteiger partial charge in [-0.05, 0) is 37.3 Å². The Balaban J connectivity index is 1.88. The molecule has 0 aromatic carbocycles. The van der Waals surface area contributed by atoms with Crippen molar-refractivity contribution in [3.63, 3.8) is 0 Å². The molecule has 1 aliphatic rings. The second kappa shape index (κ2) is 7.06. The first-order chi connectivity index (χ1) is 10.1. The molecular formula is C15H21N3O3. The van der Waals surface area contributed by atoms with Gasteiger partial charge in [-0.2, -0.15) is 0 Å². The SMILES string of the molecule is CC1CCCN(C(=O)NCc2cc(C(=O)O)ccn2)CC1. The minimum absolute atomic E-state index is 0.105. The first-order valence-corrected chi connectivity index (χ1v) is 7.27. The van der Waals surface area contributed by atoms with E-state index in [2.05, 4.69) is 17.2 Å². The van der Waals surface area contributed by atoms with Crippen LogP contribution in [0.5, 0.6) is 0 Å². The average molecular weight is 291 g/mol. The molecule has 0 saturated carbocycles. The highest BCUT2D eigenvalue weighted by Crippen LogP contribution is 2.16. The zero-order valence-electron chi connectivity index (χ0n) is 12.2. The number of likely N-dealkylation sites (tertiary alicyclic amines) is 1. The standard InChI is InChI=1S/C15H21N3O3/c1-11-3-2-7-18(8-5-11)15(21)17-10-13-9-12(14(19)20)4-6-16-13/h4,6,9,11H,2-3,5,7-8,10H2,1H3,(H,17,21)(H,19,20). The van der Waals surface area contributed by atoms with Crippen LogP contribution in [0.3, 0.4) is 0 Å². The molecule has 1 atom stereocenters. The quantitative estimate of drug-likeness (QED) is 0.893. The number of aromatic nitrogens is 1. The molecule has 2 N–H and O–H groups in total. The summed E-state index contributed by atoms with van der Waals surface area (Å²) in [6.45, 7) is 4.00. The monoisotopic (exact) mass is 291 g/mol. The normalized spacial score (nSPS) is 18.9. The number of amides is 2. The molecular weight excluding hydrogens is 270 g/mol. The fourth-order valence-corrected chi connectivity index (χ4v) is 2.45. The smallest absolute Gasteiger partial charge is 0.335 e. The van der Waals surface area contributed by atoms with Crippen LogP contribution in [-0.2, 0) is 6.54 Å². The van der Waals surface area contributed by atoms with Gasteiger partial charge >= 0.3 is 12.0 Å².